The summed E-state index contributed by atoms with van der Waals surface area (Å²) in [5.41, 5.74) is 2.18. The summed E-state index contributed by atoms with van der Waals surface area (Å²) < 4.78 is 11.9. The van der Waals surface area contributed by atoms with E-state index < -0.39 is 37.3 Å². The molecule has 2 unspecified atom stereocenters. The van der Waals surface area contributed by atoms with Gasteiger partial charge in [-0.1, -0.05) is 39.3 Å². The molecule has 0 radical (unpaired) electrons. The third kappa shape index (κ3) is 4.01. The zero-order valence-corrected chi connectivity index (χ0v) is 25.0. The van der Waals surface area contributed by atoms with E-state index in [0.29, 0.717) is 5.41 Å². The van der Waals surface area contributed by atoms with E-state index >= 15 is 0 Å². The smallest absolute Gasteiger partial charge is 0.186 e. The second-order valence-corrected chi connectivity index (χ2v) is 15.6. The molecule has 3 heterocycles. The van der Waals surface area contributed by atoms with E-state index in [-0.39, 0.29) is 11.5 Å². The Labute approximate surface area is 240 Å². The van der Waals surface area contributed by atoms with Gasteiger partial charge in [0, 0.05) is 18.6 Å². The molecule has 40 heavy (non-hydrogen) atoms. The van der Waals surface area contributed by atoms with Crippen LogP contribution in [0.25, 0.3) is 0 Å². The molecule has 4 aliphatic carbocycles. The number of nitrogens with zero attached hydrogens (tertiary/aromatic N) is 1. The summed E-state index contributed by atoms with van der Waals surface area (Å²) in [4.78, 5) is 2.98. The van der Waals surface area contributed by atoms with Crippen LogP contribution < -0.4 is 0 Å². The van der Waals surface area contributed by atoms with Gasteiger partial charge in [0.1, 0.15) is 24.4 Å². The Bertz CT molecular complexity index is 1000. The maximum absolute atomic E-state index is 10.5. The minimum atomic E-state index is -1.40. The van der Waals surface area contributed by atoms with Gasteiger partial charge in [-0.3, -0.25) is 4.90 Å². The molecule has 7 heteroatoms. The van der Waals surface area contributed by atoms with Gasteiger partial charge in [0.2, 0.25) is 0 Å². The second kappa shape index (κ2) is 10.0. The summed E-state index contributed by atoms with van der Waals surface area (Å²) in [6.07, 6.45) is 7.27. The van der Waals surface area contributed by atoms with Crippen LogP contribution in [0.3, 0.4) is 0 Å². The SMILES string of the molecule is C[C@H]1CC[C@@H]2[C@@H](C)[C@H]3[C@H](C[C@H]4[C@@H]5CC=C6CC(O[C@@H]7O[C@H](CO)[C@@H](O)[C@H](O)[C@H]7O)CC[C@]6(C)C5CC[C@]34C)N2C1. The summed E-state index contributed by atoms with van der Waals surface area (Å²) >= 11 is 0. The molecule has 7 aliphatic rings. The summed E-state index contributed by atoms with van der Waals surface area (Å²) in [5.74, 6) is 4.83. The number of aliphatic hydroxyl groups is 4. The summed E-state index contributed by atoms with van der Waals surface area (Å²) in [6, 6.07) is 1.60. The molecule has 3 saturated heterocycles. The fourth-order valence-corrected chi connectivity index (χ4v) is 11.9. The van der Waals surface area contributed by atoms with E-state index in [9.17, 15) is 20.4 Å². The van der Waals surface area contributed by atoms with Crippen LogP contribution in [0.4, 0.5) is 0 Å². The van der Waals surface area contributed by atoms with Crippen molar-refractivity contribution in [3.05, 3.63) is 11.6 Å². The van der Waals surface area contributed by atoms with Crippen molar-refractivity contribution < 1.29 is 29.9 Å². The third-order valence-electron chi connectivity index (χ3n) is 13.8. The molecule has 7 rings (SSSR count). The Kier molecular flexibility index (Phi) is 7.06. The van der Waals surface area contributed by atoms with Crippen molar-refractivity contribution in [2.45, 2.75) is 134 Å². The third-order valence-corrected chi connectivity index (χ3v) is 13.8. The largest absolute Gasteiger partial charge is 0.394 e. The van der Waals surface area contributed by atoms with Gasteiger partial charge in [-0.2, -0.15) is 0 Å². The highest BCUT2D eigenvalue weighted by Crippen LogP contribution is 2.70. The van der Waals surface area contributed by atoms with E-state index in [4.69, 9.17) is 9.47 Å². The predicted molar refractivity (Wildman–Crippen MR) is 151 cm³/mol. The van der Waals surface area contributed by atoms with Crippen molar-refractivity contribution in [3.63, 3.8) is 0 Å². The van der Waals surface area contributed by atoms with Crippen molar-refractivity contribution in [2.24, 2.45) is 46.3 Å². The molecule has 3 aliphatic heterocycles. The molecule has 4 N–H and O–H groups in total. The quantitative estimate of drug-likeness (QED) is 0.393. The molecule has 7 nitrogen and oxygen atoms in total. The second-order valence-electron chi connectivity index (χ2n) is 15.6. The number of hydrogen-bond donors (Lipinski definition) is 4. The zero-order valence-electron chi connectivity index (χ0n) is 25.0. The van der Waals surface area contributed by atoms with Crippen LogP contribution in [0, 0.1) is 46.3 Å². The molecule has 0 aromatic heterocycles. The Morgan fingerprint density at radius 1 is 0.975 bits per heavy atom. The average Bonchev–Trinajstić information content (AvgIpc) is 3.40. The average molecular weight is 560 g/mol. The molecular weight excluding hydrogens is 506 g/mol. The number of fused-ring (bicyclic) bond motifs is 9. The zero-order chi connectivity index (χ0) is 28.1. The molecule has 3 saturated carbocycles. The monoisotopic (exact) mass is 559 g/mol. The van der Waals surface area contributed by atoms with Gasteiger partial charge >= 0.3 is 0 Å². The molecule has 16 atom stereocenters. The van der Waals surface area contributed by atoms with E-state index in [2.05, 4.69) is 38.7 Å². The van der Waals surface area contributed by atoms with Gasteiger partial charge in [-0.25, -0.2) is 0 Å². The topological polar surface area (TPSA) is 103 Å². The Hall–Kier alpha value is -0.540. The lowest BCUT2D eigenvalue weighted by Gasteiger charge is -2.58. The number of aliphatic hydroxyl groups excluding tert-OH is 4. The highest BCUT2D eigenvalue weighted by atomic mass is 16.7. The van der Waals surface area contributed by atoms with Gasteiger partial charge in [0.15, 0.2) is 6.29 Å². The van der Waals surface area contributed by atoms with Crippen LogP contribution in [-0.2, 0) is 9.47 Å². The molecular formula is C33H53NO6. The first-order chi connectivity index (χ1) is 19.1. The molecule has 226 valence electrons. The highest BCUT2D eigenvalue weighted by molar-refractivity contribution is 5.27. The Balaban J connectivity index is 1.07. The molecule has 0 amide bonds. The van der Waals surface area contributed by atoms with Crippen molar-refractivity contribution >= 4 is 0 Å². The first kappa shape index (κ1) is 28.2. The number of allylic oxidation sites excluding steroid dienone is 1. The van der Waals surface area contributed by atoms with Crippen LogP contribution in [0.1, 0.15) is 85.5 Å². The predicted octanol–water partition coefficient (Wildman–Crippen LogP) is 3.48. The van der Waals surface area contributed by atoms with Gasteiger partial charge in [0.05, 0.1) is 12.7 Å². The number of piperidine rings is 1. The van der Waals surface area contributed by atoms with Crippen LogP contribution in [0.5, 0.6) is 0 Å². The number of hydrogen-bond acceptors (Lipinski definition) is 7. The van der Waals surface area contributed by atoms with E-state index in [1.807, 2.05) is 0 Å². The summed E-state index contributed by atoms with van der Waals surface area (Å²) in [5, 5.41) is 40.4. The van der Waals surface area contributed by atoms with Crippen molar-refractivity contribution in [2.75, 3.05) is 13.2 Å². The van der Waals surface area contributed by atoms with Gasteiger partial charge in [-0.05, 0) is 104 Å². The molecule has 0 bridgehead atoms. The highest BCUT2D eigenvalue weighted by Gasteiger charge is 2.66. The molecule has 0 spiro atoms. The van der Waals surface area contributed by atoms with Crippen molar-refractivity contribution in [1.29, 1.82) is 0 Å². The van der Waals surface area contributed by atoms with E-state index in [1.54, 1.807) is 0 Å². The maximum Gasteiger partial charge on any atom is 0.186 e. The number of ether oxygens (including phenoxy) is 2. The lowest BCUT2D eigenvalue weighted by atomic mass is 9.47. The minimum Gasteiger partial charge on any atom is -0.394 e. The van der Waals surface area contributed by atoms with E-state index in [0.717, 1.165) is 66.9 Å². The first-order valence-corrected chi connectivity index (χ1v) is 16.5. The fraction of sp³-hybridized carbons (Fsp3) is 0.939. The van der Waals surface area contributed by atoms with Gasteiger partial charge in [0.25, 0.3) is 0 Å². The lowest BCUT2D eigenvalue weighted by Crippen LogP contribution is -2.60. The Morgan fingerprint density at radius 3 is 2.55 bits per heavy atom. The fourth-order valence-electron chi connectivity index (χ4n) is 11.9. The number of rotatable bonds is 3. The normalized spacial score (nSPS) is 57.9. The van der Waals surface area contributed by atoms with Crippen LogP contribution >= 0.6 is 0 Å². The van der Waals surface area contributed by atoms with E-state index in [1.165, 1.54) is 50.6 Å². The molecule has 0 aromatic rings. The Morgan fingerprint density at radius 2 is 1.77 bits per heavy atom. The van der Waals surface area contributed by atoms with Crippen molar-refractivity contribution in [1.82, 2.24) is 4.90 Å². The first-order valence-electron chi connectivity index (χ1n) is 16.5. The summed E-state index contributed by atoms with van der Waals surface area (Å²) in [7, 11) is 0. The van der Waals surface area contributed by atoms with Crippen LogP contribution in [-0.4, -0.2) is 87.4 Å². The lowest BCUT2D eigenvalue weighted by molar-refractivity contribution is -0.313. The molecule has 6 fully saturated rings. The molecule has 0 aromatic carbocycles. The summed E-state index contributed by atoms with van der Waals surface area (Å²) in [6.45, 7) is 11.1. The maximum atomic E-state index is 10.5. The van der Waals surface area contributed by atoms with Gasteiger partial charge < -0.3 is 29.9 Å². The van der Waals surface area contributed by atoms with Crippen molar-refractivity contribution in [3.8, 4) is 0 Å². The standard InChI is InChI=1S/C33H53NO6/c1-17-5-8-24-18(2)27-25(34(24)15-17)14-23-21-7-6-19-13-20(9-11-32(19,3)22(21)10-12-33(23,27)4)39-31-30(38)29(37)28(36)26(16-35)40-31/h6,17-18,20-31,35-38H,5,7-16H2,1-4H3/t17-,18+,20?,21+,22?,23-,24+,25-,26+,27-,28+,29-,30+,31+,32-,33-/m0/s1. The minimum absolute atomic E-state index is 0.101. The van der Waals surface area contributed by atoms with Crippen LogP contribution in [0.15, 0.2) is 11.6 Å². The van der Waals surface area contributed by atoms with Gasteiger partial charge in [-0.15, -0.1) is 0 Å². The van der Waals surface area contributed by atoms with Crippen LogP contribution in [0.2, 0.25) is 0 Å².